The Morgan fingerprint density at radius 2 is 2.17 bits per heavy atom. The Balaban J connectivity index is 2.09. The molecule has 2 N–H and O–H groups in total. The fourth-order valence-corrected chi connectivity index (χ4v) is 2.45. The van der Waals surface area contributed by atoms with Crippen molar-refractivity contribution in [1.29, 1.82) is 5.26 Å². The van der Waals surface area contributed by atoms with E-state index < -0.39 is 0 Å². The molecule has 1 aliphatic rings. The highest BCUT2D eigenvalue weighted by Crippen LogP contribution is 2.23. The van der Waals surface area contributed by atoms with Gasteiger partial charge in [0.05, 0.1) is 0 Å². The molecule has 0 amide bonds. The molecule has 96 valence electrons. The van der Waals surface area contributed by atoms with E-state index in [1.807, 2.05) is 6.07 Å². The van der Waals surface area contributed by atoms with Crippen LogP contribution >= 0.6 is 0 Å². The van der Waals surface area contributed by atoms with Crippen molar-refractivity contribution in [3.05, 3.63) is 21.7 Å². The van der Waals surface area contributed by atoms with Crippen molar-refractivity contribution < 1.29 is 0 Å². The lowest BCUT2D eigenvalue weighted by Crippen LogP contribution is -2.22. The summed E-state index contributed by atoms with van der Waals surface area (Å²) >= 11 is 0. The summed E-state index contributed by atoms with van der Waals surface area (Å²) in [6.45, 7) is 2.51. The molecule has 1 heterocycles. The standard InChI is InChI=1S/C13H18N4O/c1-9-16-12(11(7-14)13(18)17-9)15-8-10-5-3-2-4-6-10/h10H,2-6,8H2,1H3,(H2,15,16,17,18). The quantitative estimate of drug-likeness (QED) is 0.854. The fraction of sp³-hybridized carbons (Fsp3) is 0.615. The molecule has 0 bridgehead atoms. The van der Waals surface area contributed by atoms with Gasteiger partial charge in [0.15, 0.2) is 11.4 Å². The molecule has 1 aromatic heterocycles. The zero-order valence-corrected chi connectivity index (χ0v) is 10.6. The topological polar surface area (TPSA) is 81.6 Å². The van der Waals surface area contributed by atoms with Crippen molar-refractivity contribution in [2.24, 2.45) is 5.92 Å². The van der Waals surface area contributed by atoms with Crippen LogP contribution in [0.1, 0.15) is 43.5 Å². The van der Waals surface area contributed by atoms with Crippen LogP contribution in [0.15, 0.2) is 4.79 Å². The molecule has 1 aromatic rings. The molecule has 18 heavy (non-hydrogen) atoms. The molecule has 5 nitrogen and oxygen atoms in total. The molecule has 1 saturated carbocycles. The number of rotatable bonds is 3. The summed E-state index contributed by atoms with van der Waals surface area (Å²) < 4.78 is 0. The Hall–Kier alpha value is -1.83. The first kappa shape index (κ1) is 12.6. The maximum absolute atomic E-state index is 11.6. The number of aromatic amines is 1. The molecule has 0 saturated heterocycles. The van der Waals surface area contributed by atoms with Gasteiger partial charge in [0.2, 0.25) is 0 Å². The van der Waals surface area contributed by atoms with Crippen LogP contribution in [0.5, 0.6) is 0 Å². The van der Waals surface area contributed by atoms with E-state index in [1.165, 1.54) is 32.1 Å². The molecule has 0 radical (unpaired) electrons. The smallest absolute Gasteiger partial charge is 0.271 e. The monoisotopic (exact) mass is 246 g/mol. The van der Waals surface area contributed by atoms with Crippen molar-refractivity contribution in [1.82, 2.24) is 9.97 Å². The van der Waals surface area contributed by atoms with E-state index in [1.54, 1.807) is 6.92 Å². The van der Waals surface area contributed by atoms with Crippen molar-refractivity contribution in [3.8, 4) is 6.07 Å². The predicted molar refractivity (Wildman–Crippen MR) is 69.4 cm³/mol. The zero-order valence-electron chi connectivity index (χ0n) is 10.6. The summed E-state index contributed by atoms with van der Waals surface area (Å²) in [5, 5.41) is 12.1. The third-order valence-electron chi connectivity index (χ3n) is 3.43. The maximum Gasteiger partial charge on any atom is 0.271 e. The average molecular weight is 246 g/mol. The lowest BCUT2D eigenvalue weighted by Gasteiger charge is -2.22. The number of nitrogens with one attached hydrogen (secondary N) is 2. The minimum atomic E-state index is -0.365. The Kier molecular flexibility index (Phi) is 3.98. The second-order valence-corrected chi connectivity index (χ2v) is 4.87. The van der Waals surface area contributed by atoms with Crippen molar-refractivity contribution >= 4 is 5.82 Å². The molecule has 0 atom stereocenters. The van der Waals surface area contributed by atoms with Crippen molar-refractivity contribution in [2.75, 3.05) is 11.9 Å². The number of hydrogen-bond acceptors (Lipinski definition) is 4. The second kappa shape index (κ2) is 5.67. The fourth-order valence-electron chi connectivity index (χ4n) is 2.45. The summed E-state index contributed by atoms with van der Waals surface area (Å²) in [6, 6.07) is 1.91. The SMILES string of the molecule is Cc1nc(NCC2CCCCC2)c(C#N)c(=O)[nH]1. The Labute approximate surface area is 106 Å². The van der Waals surface area contributed by atoms with Gasteiger partial charge >= 0.3 is 0 Å². The van der Waals surface area contributed by atoms with Crippen LogP contribution in [0, 0.1) is 24.2 Å². The first-order valence-corrected chi connectivity index (χ1v) is 6.45. The largest absolute Gasteiger partial charge is 0.368 e. The zero-order chi connectivity index (χ0) is 13.0. The van der Waals surface area contributed by atoms with Gasteiger partial charge in [-0.25, -0.2) is 4.98 Å². The molecule has 0 unspecified atom stereocenters. The summed E-state index contributed by atoms with van der Waals surface area (Å²) in [6.07, 6.45) is 6.31. The van der Waals surface area contributed by atoms with Gasteiger partial charge in [-0.1, -0.05) is 19.3 Å². The van der Waals surface area contributed by atoms with Crippen LogP contribution in [0.4, 0.5) is 5.82 Å². The Morgan fingerprint density at radius 1 is 1.44 bits per heavy atom. The third-order valence-corrected chi connectivity index (χ3v) is 3.43. The second-order valence-electron chi connectivity index (χ2n) is 4.87. The summed E-state index contributed by atoms with van der Waals surface area (Å²) in [5.41, 5.74) is -0.285. The van der Waals surface area contributed by atoms with Gasteiger partial charge in [-0.05, 0) is 25.7 Å². The third kappa shape index (κ3) is 2.89. The highest BCUT2D eigenvalue weighted by atomic mass is 16.1. The Bertz CT molecular complexity index is 509. The van der Waals surface area contributed by atoms with Gasteiger partial charge < -0.3 is 10.3 Å². The van der Waals surface area contributed by atoms with E-state index in [4.69, 9.17) is 5.26 Å². The molecule has 5 heteroatoms. The predicted octanol–water partition coefficient (Wildman–Crippen LogP) is 1.94. The normalized spacial score (nSPS) is 16.2. The lowest BCUT2D eigenvalue weighted by atomic mass is 9.89. The van der Waals surface area contributed by atoms with Gasteiger partial charge in [-0.3, -0.25) is 4.79 Å². The number of anilines is 1. The molecule has 0 aromatic carbocycles. The molecule has 0 spiro atoms. The van der Waals surface area contributed by atoms with Crippen LogP contribution in [0.25, 0.3) is 0 Å². The minimum absolute atomic E-state index is 0.0800. The van der Waals surface area contributed by atoms with Crippen LogP contribution in [-0.4, -0.2) is 16.5 Å². The van der Waals surface area contributed by atoms with Crippen LogP contribution in [0.2, 0.25) is 0 Å². The minimum Gasteiger partial charge on any atom is -0.368 e. The number of nitriles is 1. The van der Waals surface area contributed by atoms with Crippen molar-refractivity contribution in [3.63, 3.8) is 0 Å². The van der Waals surface area contributed by atoms with Gasteiger partial charge in [-0.15, -0.1) is 0 Å². The maximum atomic E-state index is 11.6. The van der Waals surface area contributed by atoms with Crippen LogP contribution < -0.4 is 10.9 Å². The number of aryl methyl sites for hydroxylation is 1. The molecule has 1 aliphatic carbocycles. The van der Waals surface area contributed by atoms with E-state index in [0.717, 1.165) is 6.54 Å². The molecule has 0 aliphatic heterocycles. The molecule has 2 rings (SSSR count). The summed E-state index contributed by atoms with van der Waals surface area (Å²) in [4.78, 5) is 18.3. The van der Waals surface area contributed by atoms with Gasteiger partial charge in [0.25, 0.3) is 5.56 Å². The number of nitrogens with zero attached hydrogens (tertiary/aromatic N) is 2. The molecular weight excluding hydrogens is 228 g/mol. The summed E-state index contributed by atoms with van der Waals surface area (Å²) in [5.74, 6) is 1.58. The highest BCUT2D eigenvalue weighted by Gasteiger charge is 2.15. The highest BCUT2D eigenvalue weighted by molar-refractivity contribution is 5.50. The van der Waals surface area contributed by atoms with Gasteiger partial charge in [-0.2, -0.15) is 5.26 Å². The number of hydrogen-bond donors (Lipinski definition) is 2. The number of aromatic nitrogens is 2. The van der Waals surface area contributed by atoms with Crippen molar-refractivity contribution in [2.45, 2.75) is 39.0 Å². The van der Waals surface area contributed by atoms with E-state index in [2.05, 4.69) is 15.3 Å². The van der Waals surface area contributed by atoms with Crippen LogP contribution in [-0.2, 0) is 0 Å². The molecule has 1 fully saturated rings. The lowest BCUT2D eigenvalue weighted by molar-refractivity contribution is 0.373. The Morgan fingerprint density at radius 3 is 2.83 bits per heavy atom. The van der Waals surface area contributed by atoms with E-state index in [9.17, 15) is 4.79 Å². The van der Waals surface area contributed by atoms with Gasteiger partial charge in [0.1, 0.15) is 11.9 Å². The van der Waals surface area contributed by atoms with E-state index in [-0.39, 0.29) is 11.1 Å². The van der Waals surface area contributed by atoms with Crippen LogP contribution in [0.3, 0.4) is 0 Å². The van der Waals surface area contributed by atoms with E-state index >= 15 is 0 Å². The average Bonchev–Trinajstić information content (AvgIpc) is 2.37. The van der Waals surface area contributed by atoms with Gasteiger partial charge in [0, 0.05) is 6.54 Å². The molecular formula is C13H18N4O. The number of H-pyrrole nitrogens is 1. The summed E-state index contributed by atoms with van der Waals surface area (Å²) in [7, 11) is 0. The van der Waals surface area contributed by atoms with E-state index in [0.29, 0.717) is 17.6 Å². The first-order valence-electron chi connectivity index (χ1n) is 6.45. The first-order chi connectivity index (χ1) is 8.70.